The highest BCUT2D eigenvalue weighted by Gasteiger charge is 2.17. The summed E-state index contributed by atoms with van der Waals surface area (Å²) in [7, 11) is 0. The van der Waals surface area contributed by atoms with Gasteiger partial charge in [0.25, 0.3) is 0 Å². The smallest absolute Gasteiger partial charge is 0.354 e. The molecule has 2 aromatic carbocycles. The molecule has 2 heterocycles. The zero-order chi connectivity index (χ0) is 19.5. The first-order valence-corrected chi connectivity index (χ1v) is 9.16. The Labute approximate surface area is 163 Å². The van der Waals surface area contributed by atoms with Crippen LogP contribution in [0.2, 0.25) is 0 Å². The number of aryl methyl sites for hydroxylation is 1. The molecule has 0 aliphatic heterocycles. The number of aromatic nitrogens is 2. The molecule has 5 heteroatoms. The molecule has 4 rings (SSSR count). The van der Waals surface area contributed by atoms with Gasteiger partial charge in [0.15, 0.2) is 5.69 Å². The van der Waals surface area contributed by atoms with Crippen LogP contribution in [0.3, 0.4) is 0 Å². The fourth-order valence-electron chi connectivity index (χ4n) is 3.44. The molecule has 0 saturated carbocycles. The SMILES string of the molecule is Cc1nc2ccc(N(Cc3ccccc3)Cc3ccccc3)cn2c1C(=O)O. The van der Waals surface area contributed by atoms with Gasteiger partial charge < -0.3 is 10.0 Å². The molecular weight excluding hydrogens is 350 g/mol. The highest BCUT2D eigenvalue weighted by Crippen LogP contribution is 2.23. The molecule has 2 aromatic heterocycles. The van der Waals surface area contributed by atoms with Crippen molar-refractivity contribution in [1.82, 2.24) is 9.38 Å². The molecule has 28 heavy (non-hydrogen) atoms. The molecule has 0 saturated heterocycles. The summed E-state index contributed by atoms with van der Waals surface area (Å²) in [6.45, 7) is 3.16. The molecule has 0 amide bonds. The number of pyridine rings is 1. The van der Waals surface area contributed by atoms with E-state index in [-0.39, 0.29) is 5.69 Å². The first-order valence-electron chi connectivity index (χ1n) is 9.16. The Morgan fingerprint density at radius 1 is 0.929 bits per heavy atom. The maximum atomic E-state index is 11.7. The highest BCUT2D eigenvalue weighted by atomic mass is 16.4. The van der Waals surface area contributed by atoms with E-state index in [9.17, 15) is 9.90 Å². The van der Waals surface area contributed by atoms with Crippen molar-refractivity contribution in [2.75, 3.05) is 4.90 Å². The molecule has 0 unspecified atom stereocenters. The van der Waals surface area contributed by atoms with Crippen molar-refractivity contribution in [3.05, 3.63) is 102 Å². The molecule has 140 valence electrons. The number of anilines is 1. The van der Waals surface area contributed by atoms with Crippen LogP contribution in [-0.2, 0) is 13.1 Å². The number of fused-ring (bicyclic) bond motifs is 1. The lowest BCUT2D eigenvalue weighted by Crippen LogP contribution is -2.22. The number of carboxylic acid groups (broad SMARTS) is 1. The van der Waals surface area contributed by atoms with Crippen LogP contribution >= 0.6 is 0 Å². The minimum absolute atomic E-state index is 0.205. The number of benzene rings is 2. The van der Waals surface area contributed by atoms with Crippen LogP contribution in [0.4, 0.5) is 5.69 Å². The maximum absolute atomic E-state index is 11.7. The van der Waals surface area contributed by atoms with Gasteiger partial charge in [-0.3, -0.25) is 4.40 Å². The lowest BCUT2D eigenvalue weighted by molar-refractivity contribution is 0.0688. The first kappa shape index (κ1) is 17.8. The van der Waals surface area contributed by atoms with E-state index in [2.05, 4.69) is 34.1 Å². The summed E-state index contributed by atoms with van der Waals surface area (Å²) in [5, 5.41) is 9.58. The van der Waals surface area contributed by atoms with Crippen molar-refractivity contribution < 1.29 is 9.90 Å². The molecule has 0 bridgehead atoms. The molecule has 1 N–H and O–H groups in total. The summed E-state index contributed by atoms with van der Waals surface area (Å²) < 4.78 is 1.66. The van der Waals surface area contributed by atoms with Crippen LogP contribution in [0.25, 0.3) is 5.65 Å². The molecule has 0 aliphatic rings. The van der Waals surface area contributed by atoms with Gasteiger partial charge in [-0.05, 0) is 30.2 Å². The van der Waals surface area contributed by atoms with Gasteiger partial charge in [0, 0.05) is 19.3 Å². The van der Waals surface area contributed by atoms with Crippen molar-refractivity contribution in [3.8, 4) is 0 Å². The van der Waals surface area contributed by atoms with Gasteiger partial charge in [0.05, 0.1) is 11.4 Å². The summed E-state index contributed by atoms with van der Waals surface area (Å²) in [5.41, 5.74) is 4.69. The van der Waals surface area contributed by atoms with E-state index in [0.717, 1.165) is 18.8 Å². The Hall–Kier alpha value is -3.60. The van der Waals surface area contributed by atoms with Crippen molar-refractivity contribution in [2.24, 2.45) is 0 Å². The second-order valence-electron chi connectivity index (χ2n) is 6.79. The second-order valence-corrected chi connectivity index (χ2v) is 6.79. The van der Waals surface area contributed by atoms with E-state index < -0.39 is 5.97 Å². The Balaban J connectivity index is 1.76. The number of hydrogen-bond donors (Lipinski definition) is 1. The zero-order valence-corrected chi connectivity index (χ0v) is 15.6. The van der Waals surface area contributed by atoms with Gasteiger partial charge >= 0.3 is 5.97 Å². The molecule has 4 aromatic rings. The molecule has 0 radical (unpaired) electrons. The van der Waals surface area contributed by atoms with Gasteiger partial charge in [-0.2, -0.15) is 0 Å². The van der Waals surface area contributed by atoms with Gasteiger partial charge in [0.1, 0.15) is 5.65 Å². The van der Waals surface area contributed by atoms with E-state index >= 15 is 0 Å². The molecule has 0 atom stereocenters. The van der Waals surface area contributed by atoms with Crippen molar-refractivity contribution >= 4 is 17.3 Å². The van der Waals surface area contributed by atoms with Crippen LogP contribution < -0.4 is 4.90 Å². The van der Waals surface area contributed by atoms with Crippen molar-refractivity contribution in [1.29, 1.82) is 0 Å². The third-order valence-electron chi connectivity index (χ3n) is 4.78. The molecular formula is C23H21N3O2. The Kier molecular flexibility index (Phi) is 4.81. The first-order chi connectivity index (χ1) is 13.6. The van der Waals surface area contributed by atoms with E-state index in [1.54, 1.807) is 11.3 Å². The van der Waals surface area contributed by atoms with Crippen molar-refractivity contribution in [2.45, 2.75) is 20.0 Å². The Morgan fingerprint density at radius 2 is 1.50 bits per heavy atom. The van der Waals surface area contributed by atoms with E-state index in [4.69, 9.17) is 0 Å². The van der Waals surface area contributed by atoms with Crippen LogP contribution in [-0.4, -0.2) is 20.5 Å². The summed E-state index contributed by atoms with van der Waals surface area (Å²) in [6.07, 6.45) is 1.87. The molecule has 0 fully saturated rings. The van der Waals surface area contributed by atoms with Crippen LogP contribution in [0.15, 0.2) is 79.0 Å². The van der Waals surface area contributed by atoms with Gasteiger partial charge in [-0.1, -0.05) is 60.7 Å². The monoisotopic (exact) mass is 371 g/mol. The third kappa shape index (κ3) is 3.60. The largest absolute Gasteiger partial charge is 0.477 e. The van der Waals surface area contributed by atoms with Crippen LogP contribution in [0.1, 0.15) is 27.3 Å². The number of imidazole rings is 1. The third-order valence-corrected chi connectivity index (χ3v) is 4.78. The Bertz CT molecular complexity index is 1060. The van der Waals surface area contributed by atoms with E-state index in [0.29, 0.717) is 11.3 Å². The Morgan fingerprint density at radius 3 is 2.04 bits per heavy atom. The molecule has 0 spiro atoms. The summed E-state index contributed by atoms with van der Waals surface area (Å²) in [4.78, 5) is 18.3. The maximum Gasteiger partial charge on any atom is 0.354 e. The van der Waals surface area contributed by atoms with Gasteiger partial charge in [0.2, 0.25) is 0 Å². The summed E-state index contributed by atoms with van der Waals surface area (Å²) >= 11 is 0. The van der Waals surface area contributed by atoms with Crippen LogP contribution in [0.5, 0.6) is 0 Å². The fourth-order valence-corrected chi connectivity index (χ4v) is 3.44. The highest BCUT2D eigenvalue weighted by molar-refractivity contribution is 5.88. The zero-order valence-electron chi connectivity index (χ0n) is 15.6. The standard InChI is InChI=1S/C23H21N3O2/c1-17-22(23(27)28)26-16-20(12-13-21(26)24-17)25(14-18-8-4-2-5-9-18)15-19-10-6-3-7-11-19/h2-13,16H,14-15H2,1H3,(H,27,28). The van der Waals surface area contributed by atoms with Crippen molar-refractivity contribution in [3.63, 3.8) is 0 Å². The number of rotatable bonds is 6. The van der Waals surface area contributed by atoms with E-state index in [1.807, 2.05) is 54.7 Å². The lowest BCUT2D eigenvalue weighted by Gasteiger charge is -2.25. The van der Waals surface area contributed by atoms with Gasteiger partial charge in [-0.15, -0.1) is 0 Å². The lowest BCUT2D eigenvalue weighted by atomic mass is 10.1. The van der Waals surface area contributed by atoms with Gasteiger partial charge in [-0.25, -0.2) is 9.78 Å². The summed E-state index contributed by atoms with van der Waals surface area (Å²) in [6, 6.07) is 24.4. The average Bonchev–Trinajstić information content (AvgIpc) is 3.04. The number of hydrogen-bond acceptors (Lipinski definition) is 3. The number of nitrogens with zero attached hydrogens (tertiary/aromatic N) is 3. The quantitative estimate of drug-likeness (QED) is 0.540. The van der Waals surface area contributed by atoms with E-state index in [1.165, 1.54) is 11.1 Å². The molecule has 5 nitrogen and oxygen atoms in total. The second kappa shape index (κ2) is 7.56. The topological polar surface area (TPSA) is 57.8 Å². The summed E-state index contributed by atoms with van der Waals surface area (Å²) in [5.74, 6) is -0.972. The minimum Gasteiger partial charge on any atom is -0.477 e. The average molecular weight is 371 g/mol. The molecule has 0 aliphatic carbocycles. The predicted molar refractivity (Wildman–Crippen MR) is 110 cm³/mol. The minimum atomic E-state index is -0.972. The number of aromatic carboxylic acids is 1. The predicted octanol–water partition coefficient (Wildman–Crippen LogP) is 4.55. The fraction of sp³-hybridized carbons (Fsp3) is 0.130. The number of carbonyl (C=O) groups is 1. The normalized spacial score (nSPS) is 10.9. The number of carboxylic acids is 1. The van der Waals surface area contributed by atoms with Crippen LogP contribution in [0, 0.1) is 6.92 Å².